The maximum absolute atomic E-state index is 6.05. The van der Waals surface area contributed by atoms with E-state index in [-0.39, 0.29) is 20.5 Å². The van der Waals surface area contributed by atoms with E-state index in [0.717, 1.165) is 82.3 Å². The molecule has 9 aromatic heterocycles. The van der Waals surface area contributed by atoms with Crippen molar-refractivity contribution in [2.45, 2.75) is 89.7 Å². The van der Waals surface area contributed by atoms with Gasteiger partial charge in [-0.05, 0) is 178 Å². The normalized spacial score (nSPS) is 14.1. The van der Waals surface area contributed by atoms with Crippen LogP contribution in [-0.2, 0) is 21.1 Å². The summed E-state index contributed by atoms with van der Waals surface area (Å²) in [6.07, 6.45) is 6.46. The largest absolute Gasteiger partial charge is 0.439 e. The van der Waals surface area contributed by atoms with Crippen molar-refractivity contribution < 1.29 is 27.0 Å². The summed E-state index contributed by atoms with van der Waals surface area (Å²) in [4.78, 5) is 20.7. The second kappa shape index (κ2) is 18.7. The van der Waals surface area contributed by atoms with Crippen LogP contribution in [0.1, 0.15) is 60.1 Å². The van der Waals surface area contributed by atoms with Crippen molar-refractivity contribution in [1.29, 1.82) is 0 Å². The van der Waals surface area contributed by atoms with E-state index >= 15 is 0 Å². The number of anilines is 3. The maximum atomic E-state index is 6.05. The lowest BCUT2D eigenvalue weighted by Crippen LogP contribution is -2.50. The van der Waals surface area contributed by atoms with Gasteiger partial charge in [-0.1, -0.05) is 0 Å². The van der Waals surface area contributed by atoms with Gasteiger partial charge in [-0.3, -0.25) is 14.4 Å². The maximum Gasteiger partial charge on any atom is 0.405 e. The smallest absolute Gasteiger partial charge is 0.405 e. The van der Waals surface area contributed by atoms with Crippen molar-refractivity contribution >= 4 is 106 Å². The molecule has 0 spiro atoms. The molecule has 73 heavy (non-hydrogen) atoms. The molecular weight excluding hydrogens is 903 g/mol. The Morgan fingerprint density at radius 3 is 1.23 bits per heavy atom. The van der Waals surface area contributed by atoms with Gasteiger partial charge < -0.3 is 13.3 Å². The molecule has 15 heteroatoms. The van der Waals surface area contributed by atoms with Crippen LogP contribution in [0.3, 0.4) is 0 Å². The number of nitrogens with zero attached hydrogens (tertiary/aromatic N) is 9. The molecule has 0 saturated carbocycles. The van der Waals surface area contributed by atoms with E-state index in [2.05, 4.69) is 218 Å². The minimum absolute atomic E-state index is 0.211. The number of aromatic nitrogens is 6. The first kappa shape index (κ1) is 48.9. The highest BCUT2D eigenvalue weighted by molar-refractivity contribution is 6.78. The Balaban J connectivity index is 0.000000126. The topological polar surface area (TPSA) is 99.5 Å². The summed E-state index contributed by atoms with van der Waals surface area (Å²) in [5, 5.41) is 6.69. The third-order valence-corrected chi connectivity index (χ3v) is 14.7. The van der Waals surface area contributed by atoms with Gasteiger partial charge >= 0.3 is 20.5 Å². The highest BCUT2D eigenvalue weighted by Crippen LogP contribution is 2.25. The number of fused-ring (bicyclic) bond motifs is 9. The van der Waals surface area contributed by atoms with Gasteiger partial charge in [0.1, 0.15) is 16.2 Å². The molecule has 0 N–H and O–H groups in total. The molecule has 0 aliphatic carbocycles. The van der Waals surface area contributed by atoms with Gasteiger partial charge in [0, 0.05) is 35.3 Å². The van der Waals surface area contributed by atoms with E-state index in [0.29, 0.717) is 0 Å². The van der Waals surface area contributed by atoms with Crippen molar-refractivity contribution in [3.8, 4) is 0 Å². The van der Waals surface area contributed by atoms with Gasteiger partial charge in [0.2, 0.25) is 17.1 Å². The van der Waals surface area contributed by atoms with Crippen LogP contribution in [0, 0.1) is 48.5 Å². The standard InChI is InChI=1S/C20H23BN3O.2C19H21BN3O/c1-12-9-18(23(6)11-13(12)2)24-15(4)19-16-8-7-14(3)22-20(16)25-17(19)10-21(24)5;1-12-6-9-17(22(5)11-12)23-14(3)18-15-8-7-13(2)21-19(15)24-16(18)10-20(23)4;1-12-8-9-22(5)17(10-12)23-14(3)18-15-7-6-13(2)21-19(15)24-16(18)11-20(23)4/h7-11H,1-6H3;2*6-11H,1-5H3/q3*+1. The number of pyridine rings is 6. The lowest BCUT2D eigenvalue weighted by Gasteiger charge is -2.24. The van der Waals surface area contributed by atoms with Crippen LogP contribution in [0.4, 0.5) is 17.5 Å². The number of aryl methyl sites for hydroxylation is 10. The van der Waals surface area contributed by atoms with Gasteiger partial charge in [0.05, 0.1) is 88.6 Å². The van der Waals surface area contributed by atoms with Crippen molar-refractivity contribution in [1.82, 2.24) is 15.0 Å². The van der Waals surface area contributed by atoms with Crippen molar-refractivity contribution in [3.05, 3.63) is 157 Å². The number of furan rings is 3. The molecule has 12 rings (SSSR count). The summed E-state index contributed by atoms with van der Waals surface area (Å²) in [5.41, 5.74) is 16.6. The third kappa shape index (κ3) is 8.72. The molecule has 0 bridgehead atoms. The van der Waals surface area contributed by atoms with E-state index in [1.165, 1.54) is 56.8 Å². The molecule has 0 atom stereocenters. The average Bonchev–Trinajstić information content (AvgIpc) is 4.00. The molecule has 12 nitrogen and oxygen atoms in total. The first-order valence-corrected chi connectivity index (χ1v) is 25.3. The van der Waals surface area contributed by atoms with Gasteiger partial charge in [-0.2, -0.15) is 0 Å². The molecular formula is C58H65B3N9O3+3. The number of hydrogen-bond acceptors (Lipinski definition) is 9. The molecule has 3 aliphatic rings. The minimum atomic E-state index is 0.211. The summed E-state index contributed by atoms with van der Waals surface area (Å²) in [6, 6.07) is 23.4. The summed E-state index contributed by atoms with van der Waals surface area (Å²) >= 11 is 0. The Morgan fingerprint density at radius 1 is 0.411 bits per heavy atom. The van der Waals surface area contributed by atoms with Gasteiger partial charge in [-0.15, -0.1) is 0 Å². The van der Waals surface area contributed by atoms with E-state index in [9.17, 15) is 0 Å². The predicted octanol–water partition coefficient (Wildman–Crippen LogP) is 5.88. The zero-order chi connectivity index (χ0) is 51.9. The van der Waals surface area contributed by atoms with Crippen molar-refractivity contribution in [2.75, 3.05) is 14.4 Å². The molecule has 0 fully saturated rings. The number of hydrogen-bond donors (Lipinski definition) is 0. The summed E-state index contributed by atoms with van der Waals surface area (Å²) in [7, 11) is 6.29. The lowest BCUT2D eigenvalue weighted by molar-refractivity contribution is -0.658. The Kier molecular flexibility index (Phi) is 12.6. The van der Waals surface area contributed by atoms with Gasteiger partial charge in [0.25, 0.3) is 17.5 Å². The third-order valence-electron chi connectivity index (χ3n) is 14.7. The summed E-state index contributed by atoms with van der Waals surface area (Å²) in [5.74, 6) is 10.1. The van der Waals surface area contributed by atoms with Crippen LogP contribution in [0.25, 0.3) is 68.3 Å². The molecule has 0 radical (unpaired) electrons. The fourth-order valence-corrected chi connectivity index (χ4v) is 11.0. The summed E-state index contributed by atoms with van der Waals surface area (Å²) in [6.45, 7) is 28.3. The van der Waals surface area contributed by atoms with Gasteiger partial charge in [0.15, 0.2) is 0 Å². The van der Waals surface area contributed by atoms with E-state index < -0.39 is 0 Å². The fraction of sp³-hybridized carbons (Fsp3) is 0.276. The summed E-state index contributed by atoms with van der Waals surface area (Å²) < 4.78 is 24.6. The highest BCUT2D eigenvalue weighted by atomic mass is 16.3. The quantitative estimate of drug-likeness (QED) is 0.159. The van der Waals surface area contributed by atoms with Crippen molar-refractivity contribution in [2.24, 2.45) is 21.1 Å². The minimum Gasteiger partial charge on any atom is -0.439 e. The molecule has 0 aromatic carbocycles. The first-order valence-electron chi connectivity index (χ1n) is 25.3. The molecule has 0 amide bonds. The van der Waals surface area contributed by atoms with Gasteiger partial charge in [-0.25, -0.2) is 28.7 Å². The van der Waals surface area contributed by atoms with E-state index in [1.54, 1.807) is 0 Å². The molecule has 0 saturated heterocycles. The van der Waals surface area contributed by atoms with Crippen LogP contribution in [0.15, 0.2) is 98.6 Å². The Morgan fingerprint density at radius 2 is 0.808 bits per heavy atom. The Bertz CT molecular complexity index is 4140. The Labute approximate surface area is 428 Å². The second-order valence-corrected chi connectivity index (χ2v) is 20.5. The number of rotatable bonds is 3. The van der Waals surface area contributed by atoms with Crippen LogP contribution in [0.2, 0.25) is 20.5 Å². The first-order chi connectivity index (χ1) is 34.8. The SMILES string of the molecule is CB1C=c2oc3nc(C)ccc3c2=C(C)N1c1cc(C)c(C)c[n+]1C.CB1C=c2oc3nc(C)ccc3c2=C(C)N1c1cc(C)cc[n+]1C.CB1C=c2oc3nc(C)ccc3c2=C(C)N1c1ccc(C)c[n+]1C. The molecule has 12 heterocycles. The zero-order valence-electron chi connectivity index (χ0n) is 45.3. The molecule has 9 aromatic rings. The van der Waals surface area contributed by atoms with E-state index in [4.69, 9.17) is 13.3 Å². The molecule has 0 unspecified atom stereocenters. The van der Waals surface area contributed by atoms with Crippen molar-refractivity contribution in [3.63, 3.8) is 0 Å². The monoisotopic (exact) mass is 969 g/mol. The second-order valence-electron chi connectivity index (χ2n) is 20.5. The van der Waals surface area contributed by atoms with Crippen LogP contribution in [0.5, 0.6) is 0 Å². The highest BCUT2D eigenvalue weighted by Gasteiger charge is 2.36. The van der Waals surface area contributed by atoms with E-state index in [1.807, 2.05) is 39.0 Å². The zero-order valence-corrected chi connectivity index (χ0v) is 45.3. The fourth-order valence-electron chi connectivity index (χ4n) is 11.0. The average molecular weight is 969 g/mol. The Hall–Kier alpha value is -7.67. The molecule has 366 valence electrons. The predicted molar refractivity (Wildman–Crippen MR) is 299 cm³/mol. The van der Waals surface area contributed by atoms with Crippen LogP contribution >= 0.6 is 0 Å². The lowest BCUT2D eigenvalue weighted by atomic mass is 9.61. The van der Waals surface area contributed by atoms with Crippen LogP contribution < -0.4 is 60.0 Å². The molecule has 3 aliphatic heterocycles. The van der Waals surface area contributed by atoms with Crippen LogP contribution in [-0.4, -0.2) is 35.5 Å².